The highest BCUT2D eigenvalue weighted by atomic mass is 127. The summed E-state index contributed by atoms with van der Waals surface area (Å²) in [6.07, 6.45) is 7.02. The third-order valence-electron chi connectivity index (χ3n) is 7.80. The Kier molecular flexibility index (Phi) is 6.67. The lowest BCUT2D eigenvalue weighted by atomic mass is 9.54. The van der Waals surface area contributed by atoms with Crippen molar-refractivity contribution in [2.45, 2.75) is 44.2 Å². The molecule has 2 saturated heterocycles. The van der Waals surface area contributed by atoms with Gasteiger partial charge in [-0.3, -0.25) is 4.99 Å². The van der Waals surface area contributed by atoms with E-state index >= 15 is 0 Å². The van der Waals surface area contributed by atoms with E-state index in [4.69, 9.17) is 9.47 Å². The molecule has 1 spiro atoms. The van der Waals surface area contributed by atoms with Crippen molar-refractivity contribution in [2.75, 3.05) is 51.8 Å². The van der Waals surface area contributed by atoms with Crippen LogP contribution in [0.1, 0.15) is 32.1 Å². The van der Waals surface area contributed by atoms with Gasteiger partial charge in [0.05, 0.1) is 13.2 Å². The molecule has 3 unspecified atom stereocenters. The molecule has 7 heteroatoms. The Morgan fingerprint density at radius 2 is 1.83 bits per heavy atom. The van der Waals surface area contributed by atoms with Crippen LogP contribution in [0.5, 0.6) is 5.75 Å². The third-order valence-corrected chi connectivity index (χ3v) is 7.80. The molecular weight excluding hydrogens is 491 g/mol. The van der Waals surface area contributed by atoms with Gasteiger partial charge in [0.1, 0.15) is 5.75 Å². The van der Waals surface area contributed by atoms with Crippen molar-refractivity contribution >= 4 is 35.6 Å². The van der Waals surface area contributed by atoms with Crippen molar-refractivity contribution in [2.24, 2.45) is 16.3 Å². The standard InChI is InChI=1S/C23H34N4O2.HI/c1-24-22(25-20-19-9-16-29-21(19)23(20)10-3-4-11-23)27-14-12-26(13-15-27)17-5-7-18(28-2)8-6-17;/h5-8,19-21H,3-4,9-16H2,1-2H3,(H,24,25);1H. The highest BCUT2D eigenvalue weighted by molar-refractivity contribution is 14.0. The second-order valence-corrected chi connectivity index (χ2v) is 9.03. The van der Waals surface area contributed by atoms with Crippen molar-refractivity contribution in [1.29, 1.82) is 0 Å². The first-order valence-corrected chi connectivity index (χ1v) is 11.2. The van der Waals surface area contributed by atoms with Crippen molar-refractivity contribution in [3.63, 3.8) is 0 Å². The van der Waals surface area contributed by atoms with Gasteiger partial charge < -0.3 is 24.6 Å². The summed E-state index contributed by atoms with van der Waals surface area (Å²) >= 11 is 0. The molecule has 2 aliphatic heterocycles. The highest BCUT2D eigenvalue weighted by Gasteiger charge is 2.65. The molecule has 6 nitrogen and oxygen atoms in total. The van der Waals surface area contributed by atoms with Crippen LogP contribution in [0.25, 0.3) is 0 Å². The van der Waals surface area contributed by atoms with Crippen molar-refractivity contribution in [3.8, 4) is 5.75 Å². The quantitative estimate of drug-likeness (QED) is 0.372. The molecule has 166 valence electrons. The largest absolute Gasteiger partial charge is 0.497 e. The maximum atomic E-state index is 6.15. The molecule has 1 aromatic rings. The second kappa shape index (κ2) is 9.10. The molecule has 4 fully saturated rings. The molecule has 1 aromatic carbocycles. The molecule has 1 N–H and O–H groups in total. The number of methoxy groups -OCH3 is 1. The van der Waals surface area contributed by atoms with Crippen LogP contribution in [-0.4, -0.2) is 69.9 Å². The number of nitrogens with zero attached hydrogens (tertiary/aromatic N) is 3. The zero-order valence-electron chi connectivity index (χ0n) is 18.2. The molecule has 4 aliphatic rings. The van der Waals surface area contributed by atoms with Gasteiger partial charge in [-0.15, -0.1) is 24.0 Å². The zero-order valence-corrected chi connectivity index (χ0v) is 20.5. The van der Waals surface area contributed by atoms with Crippen molar-refractivity contribution < 1.29 is 9.47 Å². The molecular formula is C23H35IN4O2. The number of guanidine groups is 1. The average molecular weight is 526 g/mol. The molecule has 0 bridgehead atoms. The summed E-state index contributed by atoms with van der Waals surface area (Å²) in [5.74, 6) is 2.67. The molecule has 30 heavy (non-hydrogen) atoms. The van der Waals surface area contributed by atoms with E-state index in [2.05, 4.69) is 32.2 Å². The molecule has 0 radical (unpaired) electrons. The number of rotatable bonds is 3. The molecule has 2 saturated carbocycles. The van der Waals surface area contributed by atoms with Crippen LogP contribution in [-0.2, 0) is 4.74 Å². The van der Waals surface area contributed by atoms with E-state index in [1.54, 1.807) is 7.11 Å². The van der Waals surface area contributed by atoms with Crippen LogP contribution < -0.4 is 15.0 Å². The van der Waals surface area contributed by atoms with Crippen LogP contribution in [0.4, 0.5) is 5.69 Å². The fraction of sp³-hybridized carbons (Fsp3) is 0.696. The maximum Gasteiger partial charge on any atom is 0.194 e. The highest BCUT2D eigenvalue weighted by Crippen LogP contribution is 2.60. The van der Waals surface area contributed by atoms with Crippen LogP contribution >= 0.6 is 24.0 Å². The van der Waals surface area contributed by atoms with Gasteiger partial charge >= 0.3 is 0 Å². The summed E-state index contributed by atoms with van der Waals surface area (Å²) in [4.78, 5) is 9.56. The van der Waals surface area contributed by atoms with Gasteiger partial charge in [0.25, 0.3) is 0 Å². The lowest BCUT2D eigenvalue weighted by Crippen LogP contribution is -2.70. The lowest BCUT2D eigenvalue weighted by Gasteiger charge is -2.57. The van der Waals surface area contributed by atoms with Crippen LogP contribution in [0.2, 0.25) is 0 Å². The molecule has 0 aromatic heterocycles. The monoisotopic (exact) mass is 526 g/mol. The number of fused-ring (bicyclic) bond motifs is 2. The number of hydrogen-bond donors (Lipinski definition) is 1. The van der Waals surface area contributed by atoms with E-state index in [1.807, 2.05) is 19.2 Å². The summed E-state index contributed by atoms with van der Waals surface area (Å²) in [6.45, 7) is 4.95. The number of hydrogen-bond acceptors (Lipinski definition) is 4. The number of piperazine rings is 1. The summed E-state index contributed by atoms with van der Waals surface area (Å²) in [5.41, 5.74) is 1.63. The predicted octanol–water partition coefficient (Wildman–Crippen LogP) is 3.36. The Morgan fingerprint density at radius 1 is 1.13 bits per heavy atom. The Labute approximate surface area is 197 Å². The van der Waals surface area contributed by atoms with Gasteiger partial charge in [0, 0.05) is 62.9 Å². The zero-order chi connectivity index (χ0) is 19.8. The molecule has 2 heterocycles. The first-order valence-electron chi connectivity index (χ1n) is 11.2. The first-order chi connectivity index (χ1) is 14.2. The number of nitrogens with one attached hydrogen (secondary N) is 1. The van der Waals surface area contributed by atoms with E-state index < -0.39 is 0 Å². The summed E-state index contributed by atoms with van der Waals surface area (Å²) in [7, 11) is 3.64. The Hall–Kier alpha value is -1.22. The van der Waals surface area contributed by atoms with Crippen molar-refractivity contribution in [1.82, 2.24) is 10.2 Å². The minimum Gasteiger partial charge on any atom is -0.497 e. The number of anilines is 1. The van der Waals surface area contributed by atoms with Gasteiger partial charge in [-0.05, 0) is 43.5 Å². The fourth-order valence-electron chi connectivity index (χ4n) is 6.31. The van der Waals surface area contributed by atoms with Gasteiger partial charge in [-0.2, -0.15) is 0 Å². The average Bonchev–Trinajstić information content (AvgIpc) is 3.44. The number of halogens is 1. The summed E-state index contributed by atoms with van der Waals surface area (Å²) in [6, 6.07) is 8.93. The lowest BCUT2D eigenvalue weighted by molar-refractivity contribution is -0.125. The predicted molar refractivity (Wildman–Crippen MR) is 131 cm³/mol. The molecule has 2 aliphatic carbocycles. The van der Waals surface area contributed by atoms with E-state index in [1.165, 1.54) is 37.8 Å². The van der Waals surface area contributed by atoms with Crippen LogP contribution in [0, 0.1) is 11.3 Å². The first kappa shape index (κ1) is 22.0. The number of aliphatic imine (C=N–C) groups is 1. The third kappa shape index (κ3) is 3.66. The molecule has 3 atom stereocenters. The fourth-order valence-corrected chi connectivity index (χ4v) is 6.31. The minimum absolute atomic E-state index is 0. The number of benzene rings is 1. The van der Waals surface area contributed by atoms with Crippen LogP contribution in [0.3, 0.4) is 0 Å². The maximum absolute atomic E-state index is 6.15. The summed E-state index contributed by atoms with van der Waals surface area (Å²) < 4.78 is 11.4. The van der Waals surface area contributed by atoms with E-state index in [0.717, 1.165) is 44.5 Å². The number of ether oxygens (including phenoxy) is 2. The van der Waals surface area contributed by atoms with E-state index in [0.29, 0.717) is 23.5 Å². The Bertz CT molecular complexity index is 742. The van der Waals surface area contributed by atoms with Gasteiger partial charge in [0.2, 0.25) is 0 Å². The van der Waals surface area contributed by atoms with Gasteiger partial charge in [0.15, 0.2) is 5.96 Å². The summed E-state index contributed by atoms with van der Waals surface area (Å²) in [5, 5.41) is 3.91. The molecule has 0 amide bonds. The normalized spacial score (nSPS) is 29.9. The van der Waals surface area contributed by atoms with Gasteiger partial charge in [-0.1, -0.05) is 12.8 Å². The molecule has 5 rings (SSSR count). The van der Waals surface area contributed by atoms with Crippen molar-refractivity contribution in [3.05, 3.63) is 24.3 Å². The Balaban J connectivity index is 0.00000218. The van der Waals surface area contributed by atoms with Gasteiger partial charge in [-0.25, -0.2) is 0 Å². The second-order valence-electron chi connectivity index (χ2n) is 9.03. The smallest absolute Gasteiger partial charge is 0.194 e. The SMILES string of the molecule is CN=C(NC1C2CCOC2C12CCCC2)N1CCN(c2ccc(OC)cc2)CC1.I. The van der Waals surface area contributed by atoms with Crippen LogP contribution in [0.15, 0.2) is 29.3 Å². The topological polar surface area (TPSA) is 49.3 Å². The van der Waals surface area contributed by atoms with E-state index in [9.17, 15) is 0 Å². The minimum atomic E-state index is 0. The van der Waals surface area contributed by atoms with E-state index in [-0.39, 0.29) is 24.0 Å². The Morgan fingerprint density at radius 3 is 2.47 bits per heavy atom.